The highest BCUT2D eigenvalue weighted by atomic mass is 16.5. The van der Waals surface area contributed by atoms with Crippen molar-refractivity contribution >= 4 is 29.4 Å². The number of aromatic carboxylic acids is 1. The second-order valence-corrected chi connectivity index (χ2v) is 13.3. The topological polar surface area (TPSA) is 167 Å². The van der Waals surface area contributed by atoms with Gasteiger partial charge in [-0.3, -0.25) is 19.2 Å². The van der Waals surface area contributed by atoms with E-state index in [1.165, 1.54) is 12.1 Å². The van der Waals surface area contributed by atoms with Crippen LogP contribution in [0.1, 0.15) is 87.6 Å². The number of amides is 1. The normalized spacial score (nSPS) is 34.7. The Morgan fingerprint density at radius 1 is 1.02 bits per heavy atom. The average Bonchev–Trinajstić information content (AvgIpc) is 3.24. The van der Waals surface area contributed by atoms with Crippen LogP contribution in [0.3, 0.4) is 0 Å². The summed E-state index contributed by atoms with van der Waals surface area (Å²) in [6.45, 7) is 3.59. The van der Waals surface area contributed by atoms with Crippen LogP contribution in [0.4, 0.5) is 0 Å². The molecule has 0 bridgehead atoms. The quantitative estimate of drug-likeness (QED) is 0.314. The van der Waals surface area contributed by atoms with Crippen LogP contribution in [-0.4, -0.2) is 63.0 Å². The van der Waals surface area contributed by atoms with E-state index >= 15 is 0 Å². The number of hydrogen-bond acceptors (Lipinski definition) is 8. The highest BCUT2D eigenvalue weighted by molar-refractivity contribution is 5.92. The van der Waals surface area contributed by atoms with E-state index < -0.39 is 47.4 Å². The van der Waals surface area contributed by atoms with Gasteiger partial charge in [-0.1, -0.05) is 31.6 Å². The van der Waals surface area contributed by atoms with E-state index in [4.69, 9.17) is 9.84 Å². The molecule has 232 valence electrons. The van der Waals surface area contributed by atoms with Crippen molar-refractivity contribution in [3.63, 3.8) is 0 Å². The Kier molecular flexibility index (Phi) is 8.39. The van der Waals surface area contributed by atoms with E-state index in [2.05, 4.69) is 12.2 Å². The van der Waals surface area contributed by atoms with Gasteiger partial charge in [0.05, 0.1) is 18.1 Å². The number of carboxylic acid groups (broad SMARTS) is 1. The maximum atomic E-state index is 13.4. The van der Waals surface area contributed by atoms with Gasteiger partial charge in [-0.15, -0.1) is 0 Å². The molecule has 0 aliphatic heterocycles. The molecule has 43 heavy (non-hydrogen) atoms. The van der Waals surface area contributed by atoms with E-state index in [1.807, 2.05) is 6.92 Å². The smallest absolute Gasteiger partial charge is 0.335 e. The molecular formula is C33H41NO9. The maximum Gasteiger partial charge on any atom is 0.335 e. The SMILES string of the molecule is C[C@]12CCC(=O)C=C1CC[C@@H]1[C@H]2[C@@H](O)C[C@@]2(C)[C@@H]1CC[C@]2(O)C(=O)COC(=O)CCC(=O)NCc1ccc(C(=O)O)cc1. The molecule has 7 atom stereocenters. The molecule has 0 aromatic heterocycles. The number of carboxylic acids is 1. The fourth-order valence-corrected chi connectivity index (χ4v) is 8.76. The molecular weight excluding hydrogens is 554 g/mol. The van der Waals surface area contributed by atoms with Crippen molar-refractivity contribution in [1.82, 2.24) is 5.32 Å². The van der Waals surface area contributed by atoms with Gasteiger partial charge >= 0.3 is 11.9 Å². The minimum atomic E-state index is -1.74. The molecule has 4 aliphatic carbocycles. The summed E-state index contributed by atoms with van der Waals surface area (Å²) < 4.78 is 5.20. The third kappa shape index (κ3) is 5.55. The lowest BCUT2D eigenvalue weighted by Gasteiger charge is -2.60. The van der Waals surface area contributed by atoms with Gasteiger partial charge in [-0.2, -0.15) is 0 Å². The molecule has 0 unspecified atom stereocenters. The number of Topliss-reactive ketones (excluding diaryl/α,β-unsaturated/α-hetero) is 1. The summed E-state index contributed by atoms with van der Waals surface area (Å²) in [5.74, 6) is -2.52. The third-order valence-electron chi connectivity index (χ3n) is 11.1. The largest absolute Gasteiger partial charge is 0.478 e. The van der Waals surface area contributed by atoms with E-state index in [-0.39, 0.29) is 66.7 Å². The Balaban J connectivity index is 1.14. The van der Waals surface area contributed by atoms with Gasteiger partial charge in [0.2, 0.25) is 11.7 Å². The van der Waals surface area contributed by atoms with Crippen LogP contribution in [-0.2, 0) is 30.5 Å². The Morgan fingerprint density at radius 2 is 1.74 bits per heavy atom. The summed E-state index contributed by atoms with van der Waals surface area (Å²) in [6.07, 6.45) is 4.51. The lowest BCUT2D eigenvalue weighted by Crippen LogP contribution is -2.62. The van der Waals surface area contributed by atoms with Gasteiger partial charge in [0.1, 0.15) is 5.60 Å². The zero-order valence-corrected chi connectivity index (χ0v) is 24.8. The van der Waals surface area contributed by atoms with Gasteiger partial charge in [0, 0.05) is 24.8 Å². The maximum absolute atomic E-state index is 13.4. The summed E-state index contributed by atoms with van der Waals surface area (Å²) in [7, 11) is 0. The fraction of sp³-hybridized carbons (Fsp3) is 0.606. The van der Waals surface area contributed by atoms with E-state index in [0.717, 1.165) is 18.4 Å². The summed E-state index contributed by atoms with van der Waals surface area (Å²) >= 11 is 0. The Morgan fingerprint density at radius 3 is 2.44 bits per heavy atom. The lowest BCUT2D eigenvalue weighted by atomic mass is 9.45. The molecule has 3 saturated carbocycles. The van der Waals surface area contributed by atoms with Gasteiger partial charge < -0.3 is 25.4 Å². The first-order valence-corrected chi connectivity index (χ1v) is 15.2. The van der Waals surface area contributed by atoms with Crippen molar-refractivity contribution in [2.75, 3.05) is 6.61 Å². The van der Waals surface area contributed by atoms with Gasteiger partial charge in [-0.25, -0.2) is 4.79 Å². The summed E-state index contributed by atoms with van der Waals surface area (Å²) in [5.41, 5.74) is -0.920. The summed E-state index contributed by atoms with van der Waals surface area (Å²) in [5, 5.41) is 34.9. The van der Waals surface area contributed by atoms with Crippen LogP contribution in [0.2, 0.25) is 0 Å². The number of benzene rings is 1. The third-order valence-corrected chi connectivity index (χ3v) is 11.1. The molecule has 0 heterocycles. The number of aliphatic hydroxyl groups is 2. The molecule has 3 fully saturated rings. The predicted molar refractivity (Wildman–Crippen MR) is 153 cm³/mol. The second-order valence-electron chi connectivity index (χ2n) is 13.3. The number of ketones is 2. The van der Waals surface area contributed by atoms with Crippen molar-refractivity contribution in [3.05, 3.63) is 47.0 Å². The molecule has 0 saturated heterocycles. The molecule has 1 aromatic rings. The molecule has 10 heteroatoms. The second kappa shape index (κ2) is 11.6. The number of fused-ring (bicyclic) bond motifs is 5. The number of esters is 1. The molecule has 1 aromatic carbocycles. The number of carbonyl (C=O) groups excluding carboxylic acids is 4. The fourth-order valence-electron chi connectivity index (χ4n) is 8.76. The predicted octanol–water partition coefficient (Wildman–Crippen LogP) is 3.13. The van der Waals surface area contributed by atoms with Crippen molar-refractivity contribution in [3.8, 4) is 0 Å². The van der Waals surface area contributed by atoms with Crippen molar-refractivity contribution in [2.24, 2.45) is 28.6 Å². The van der Waals surface area contributed by atoms with Crippen LogP contribution in [0, 0.1) is 28.6 Å². The van der Waals surface area contributed by atoms with Crippen molar-refractivity contribution in [1.29, 1.82) is 0 Å². The van der Waals surface area contributed by atoms with E-state index in [9.17, 15) is 34.2 Å². The molecule has 0 spiro atoms. The monoisotopic (exact) mass is 595 g/mol. The Labute approximate surface area is 250 Å². The minimum Gasteiger partial charge on any atom is -0.478 e. The van der Waals surface area contributed by atoms with Crippen LogP contribution in [0.25, 0.3) is 0 Å². The van der Waals surface area contributed by atoms with Crippen LogP contribution in [0.15, 0.2) is 35.9 Å². The first kappa shape index (κ1) is 31.1. The highest BCUT2D eigenvalue weighted by Gasteiger charge is 2.68. The molecule has 10 nitrogen and oxygen atoms in total. The first-order chi connectivity index (χ1) is 20.3. The zero-order chi connectivity index (χ0) is 31.2. The number of aliphatic hydroxyl groups excluding tert-OH is 1. The highest BCUT2D eigenvalue weighted by Crippen LogP contribution is 2.67. The van der Waals surface area contributed by atoms with Crippen LogP contribution < -0.4 is 5.32 Å². The van der Waals surface area contributed by atoms with Crippen LogP contribution in [0.5, 0.6) is 0 Å². The first-order valence-electron chi connectivity index (χ1n) is 15.2. The zero-order valence-electron chi connectivity index (χ0n) is 24.8. The molecule has 4 N–H and O–H groups in total. The number of nitrogens with one attached hydrogen (secondary N) is 1. The average molecular weight is 596 g/mol. The minimum absolute atomic E-state index is 0.0191. The molecule has 0 radical (unpaired) electrons. The number of hydrogen-bond donors (Lipinski definition) is 4. The van der Waals surface area contributed by atoms with Gasteiger partial charge in [0.25, 0.3) is 0 Å². The number of rotatable bonds is 9. The standard InChI is InChI=1S/C33H41NO9/c1-31-13-11-22(35)15-21(31)7-8-23-24-12-14-33(42,32(24,2)16-25(36)29(23)31)26(37)18-43-28(39)10-9-27(38)34-17-19-3-5-20(6-4-19)30(40)41/h3-6,15,23-25,29,36,42H,7-14,16-18H2,1-2H3,(H,34,38)(H,40,41)/t23-,24+,25-,29-,31-,32-,33-/m0/s1. The summed E-state index contributed by atoms with van der Waals surface area (Å²) in [4.78, 5) is 61.1. The van der Waals surface area contributed by atoms with Gasteiger partial charge in [-0.05, 0) is 85.5 Å². The molecule has 4 aliphatic rings. The number of carbonyl (C=O) groups is 5. The number of allylic oxidation sites excluding steroid dienone is 1. The van der Waals surface area contributed by atoms with E-state index in [0.29, 0.717) is 24.8 Å². The van der Waals surface area contributed by atoms with Gasteiger partial charge in [0.15, 0.2) is 12.4 Å². The Hall–Kier alpha value is -3.37. The Bertz CT molecular complexity index is 1350. The lowest BCUT2D eigenvalue weighted by molar-refractivity contribution is -0.184. The van der Waals surface area contributed by atoms with Crippen molar-refractivity contribution in [2.45, 2.75) is 89.9 Å². The number of ether oxygens (including phenoxy) is 1. The van der Waals surface area contributed by atoms with Crippen LogP contribution >= 0.6 is 0 Å². The van der Waals surface area contributed by atoms with E-state index in [1.54, 1.807) is 18.2 Å². The summed E-state index contributed by atoms with van der Waals surface area (Å²) in [6, 6.07) is 6.06. The van der Waals surface area contributed by atoms with Crippen molar-refractivity contribution < 1.29 is 44.0 Å². The molecule has 1 amide bonds. The molecule has 5 rings (SSSR count).